The van der Waals surface area contributed by atoms with Gasteiger partial charge in [-0.05, 0) is 36.5 Å². The van der Waals surface area contributed by atoms with Crippen LogP contribution in [0.25, 0.3) is 0 Å². The summed E-state index contributed by atoms with van der Waals surface area (Å²) in [4.78, 5) is 7.12. The minimum absolute atomic E-state index is 0.611. The van der Waals surface area contributed by atoms with Crippen molar-refractivity contribution >= 4 is 0 Å². The summed E-state index contributed by atoms with van der Waals surface area (Å²) < 4.78 is 5.27. The van der Waals surface area contributed by atoms with Crippen molar-refractivity contribution in [3.63, 3.8) is 0 Å². The number of methoxy groups -OCH3 is 1. The van der Waals surface area contributed by atoms with Gasteiger partial charge in [0.2, 0.25) is 0 Å². The van der Waals surface area contributed by atoms with Gasteiger partial charge in [-0.1, -0.05) is 12.1 Å². The van der Waals surface area contributed by atoms with Crippen LogP contribution < -0.4 is 10.1 Å². The standard InChI is InChI=1S/C15H19N3O/c1-19-15-4-2-3-11(7-15)12-5-13(6-12)17-9-14-8-16-10-18-14/h2-4,7-8,10,12-13,17H,5-6,9H2,1H3,(H,16,18). The minimum atomic E-state index is 0.611. The number of hydrogen-bond donors (Lipinski definition) is 2. The average Bonchev–Trinajstić information content (AvgIpc) is 2.90. The Hall–Kier alpha value is -1.81. The van der Waals surface area contributed by atoms with Crippen molar-refractivity contribution in [2.24, 2.45) is 0 Å². The van der Waals surface area contributed by atoms with Crippen LogP contribution in [0.2, 0.25) is 0 Å². The Morgan fingerprint density at radius 3 is 3.05 bits per heavy atom. The molecule has 19 heavy (non-hydrogen) atoms. The summed E-state index contributed by atoms with van der Waals surface area (Å²) in [6, 6.07) is 9.02. The van der Waals surface area contributed by atoms with E-state index in [0.29, 0.717) is 12.0 Å². The first kappa shape index (κ1) is 12.2. The second kappa shape index (κ2) is 5.45. The summed E-state index contributed by atoms with van der Waals surface area (Å²) >= 11 is 0. The largest absolute Gasteiger partial charge is 0.497 e. The van der Waals surface area contributed by atoms with Gasteiger partial charge >= 0.3 is 0 Å². The van der Waals surface area contributed by atoms with Crippen LogP contribution in [0.3, 0.4) is 0 Å². The molecule has 1 aromatic carbocycles. The zero-order valence-corrected chi connectivity index (χ0v) is 11.1. The Balaban J connectivity index is 1.49. The molecule has 0 bridgehead atoms. The van der Waals surface area contributed by atoms with E-state index >= 15 is 0 Å². The summed E-state index contributed by atoms with van der Waals surface area (Å²) in [5.74, 6) is 1.61. The van der Waals surface area contributed by atoms with Gasteiger partial charge < -0.3 is 15.0 Å². The number of nitrogens with one attached hydrogen (secondary N) is 2. The maximum absolute atomic E-state index is 5.27. The Labute approximate surface area is 113 Å². The second-order valence-electron chi connectivity index (χ2n) is 5.10. The van der Waals surface area contributed by atoms with Gasteiger partial charge in [0.25, 0.3) is 0 Å². The lowest BCUT2D eigenvalue weighted by atomic mass is 9.76. The Morgan fingerprint density at radius 2 is 2.32 bits per heavy atom. The highest BCUT2D eigenvalue weighted by molar-refractivity contribution is 5.32. The number of aromatic amines is 1. The summed E-state index contributed by atoms with van der Waals surface area (Å²) in [5, 5.41) is 3.55. The molecular formula is C15H19N3O. The normalized spacial score (nSPS) is 21.9. The van der Waals surface area contributed by atoms with Gasteiger partial charge in [0.05, 0.1) is 13.4 Å². The SMILES string of the molecule is COc1cccc(C2CC(NCc3cnc[nH]3)C2)c1. The topological polar surface area (TPSA) is 49.9 Å². The van der Waals surface area contributed by atoms with Crippen molar-refractivity contribution in [3.05, 3.63) is 48.0 Å². The maximum atomic E-state index is 5.27. The molecule has 1 saturated carbocycles. The molecule has 2 N–H and O–H groups in total. The monoisotopic (exact) mass is 257 g/mol. The molecule has 1 aliphatic carbocycles. The van der Waals surface area contributed by atoms with Crippen molar-refractivity contribution < 1.29 is 4.74 Å². The predicted octanol–water partition coefficient (Wildman–Crippen LogP) is 2.45. The predicted molar refractivity (Wildman–Crippen MR) is 74.2 cm³/mol. The van der Waals surface area contributed by atoms with Crippen molar-refractivity contribution in [2.45, 2.75) is 31.3 Å². The first-order valence-corrected chi connectivity index (χ1v) is 6.69. The highest BCUT2D eigenvalue weighted by atomic mass is 16.5. The molecule has 1 fully saturated rings. The Morgan fingerprint density at radius 1 is 1.42 bits per heavy atom. The lowest BCUT2D eigenvalue weighted by Gasteiger charge is -2.36. The molecule has 0 radical (unpaired) electrons. The van der Waals surface area contributed by atoms with Crippen LogP contribution in [0, 0.1) is 0 Å². The average molecular weight is 257 g/mol. The van der Waals surface area contributed by atoms with Crippen LogP contribution in [0.4, 0.5) is 0 Å². The molecule has 0 saturated heterocycles. The minimum Gasteiger partial charge on any atom is -0.497 e. The summed E-state index contributed by atoms with van der Waals surface area (Å²) in [7, 11) is 1.72. The van der Waals surface area contributed by atoms with Crippen molar-refractivity contribution in [1.82, 2.24) is 15.3 Å². The van der Waals surface area contributed by atoms with E-state index in [-0.39, 0.29) is 0 Å². The molecule has 4 nitrogen and oxygen atoms in total. The summed E-state index contributed by atoms with van der Waals surface area (Å²) in [6.07, 6.45) is 5.98. The summed E-state index contributed by atoms with van der Waals surface area (Å²) in [5.41, 5.74) is 2.53. The zero-order chi connectivity index (χ0) is 13.1. The molecule has 1 heterocycles. The first-order chi connectivity index (χ1) is 9.35. The number of nitrogens with zero attached hydrogens (tertiary/aromatic N) is 1. The third-order valence-electron chi connectivity index (χ3n) is 3.84. The molecule has 3 rings (SSSR count). The van der Waals surface area contributed by atoms with E-state index in [2.05, 4.69) is 33.5 Å². The number of benzene rings is 1. The van der Waals surface area contributed by atoms with Gasteiger partial charge in [-0.2, -0.15) is 0 Å². The van der Waals surface area contributed by atoms with Crippen LogP contribution in [0.1, 0.15) is 30.0 Å². The lowest BCUT2D eigenvalue weighted by molar-refractivity contribution is 0.288. The molecule has 4 heteroatoms. The fourth-order valence-electron chi connectivity index (χ4n) is 2.59. The van der Waals surface area contributed by atoms with E-state index in [4.69, 9.17) is 4.74 Å². The molecule has 100 valence electrons. The van der Waals surface area contributed by atoms with Gasteiger partial charge in [0.1, 0.15) is 5.75 Å². The Bertz CT molecular complexity index is 518. The third-order valence-corrected chi connectivity index (χ3v) is 3.84. The smallest absolute Gasteiger partial charge is 0.119 e. The van der Waals surface area contributed by atoms with Gasteiger partial charge in [0.15, 0.2) is 0 Å². The second-order valence-corrected chi connectivity index (χ2v) is 5.10. The molecule has 1 aromatic heterocycles. The van der Waals surface area contributed by atoms with Crippen LogP contribution in [0.15, 0.2) is 36.8 Å². The van der Waals surface area contributed by atoms with E-state index in [9.17, 15) is 0 Å². The highest BCUT2D eigenvalue weighted by Crippen LogP contribution is 2.37. The van der Waals surface area contributed by atoms with E-state index in [0.717, 1.165) is 18.0 Å². The number of rotatable bonds is 5. The maximum Gasteiger partial charge on any atom is 0.119 e. The molecule has 0 aliphatic heterocycles. The number of imidazole rings is 1. The van der Waals surface area contributed by atoms with Gasteiger partial charge in [-0.3, -0.25) is 0 Å². The van der Waals surface area contributed by atoms with Crippen LogP contribution in [-0.2, 0) is 6.54 Å². The fraction of sp³-hybridized carbons (Fsp3) is 0.400. The highest BCUT2D eigenvalue weighted by Gasteiger charge is 2.29. The molecular weight excluding hydrogens is 238 g/mol. The number of hydrogen-bond acceptors (Lipinski definition) is 3. The van der Waals surface area contributed by atoms with E-state index in [1.807, 2.05) is 12.3 Å². The third kappa shape index (κ3) is 2.79. The molecule has 0 atom stereocenters. The Kier molecular flexibility index (Phi) is 3.51. The van der Waals surface area contributed by atoms with Crippen molar-refractivity contribution in [1.29, 1.82) is 0 Å². The van der Waals surface area contributed by atoms with Gasteiger partial charge in [-0.25, -0.2) is 4.98 Å². The van der Waals surface area contributed by atoms with Crippen LogP contribution in [0.5, 0.6) is 5.75 Å². The van der Waals surface area contributed by atoms with E-state index < -0.39 is 0 Å². The van der Waals surface area contributed by atoms with Gasteiger partial charge in [0, 0.05) is 24.5 Å². The van der Waals surface area contributed by atoms with Gasteiger partial charge in [-0.15, -0.1) is 0 Å². The molecule has 2 aromatic rings. The van der Waals surface area contributed by atoms with E-state index in [1.54, 1.807) is 13.4 Å². The fourth-order valence-corrected chi connectivity index (χ4v) is 2.59. The molecule has 0 unspecified atom stereocenters. The quantitative estimate of drug-likeness (QED) is 0.865. The number of ether oxygens (including phenoxy) is 1. The van der Waals surface area contributed by atoms with E-state index in [1.165, 1.54) is 18.4 Å². The van der Waals surface area contributed by atoms with Crippen molar-refractivity contribution in [3.8, 4) is 5.75 Å². The number of aromatic nitrogens is 2. The summed E-state index contributed by atoms with van der Waals surface area (Å²) in [6.45, 7) is 0.871. The molecule has 1 aliphatic rings. The molecule has 0 amide bonds. The molecule has 0 spiro atoms. The number of H-pyrrole nitrogens is 1. The first-order valence-electron chi connectivity index (χ1n) is 6.69. The van der Waals surface area contributed by atoms with Crippen molar-refractivity contribution in [2.75, 3.05) is 7.11 Å². The zero-order valence-electron chi connectivity index (χ0n) is 11.1. The lowest BCUT2D eigenvalue weighted by Crippen LogP contribution is -2.39. The van der Waals surface area contributed by atoms with Crippen LogP contribution >= 0.6 is 0 Å². The van der Waals surface area contributed by atoms with Crippen LogP contribution in [-0.4, -0.2) is 23.1 Å².